The smallest absolute Gasteiger partial charge is 0.326 e. The van der Waals surface area contributed by atoms with Gasteiger partial charge in [0.05, 0.1) is 6.04 Å². The fourth-order valence-electron chi connectivity index (χ4n) is 3.00. The molecule has 0 saturated heterocycles. The van der Waals surface area contributed by atoms with Gasteiger partial charge in [-0.2, -0.15) is 12.6 Å². The quantitative estimate of drug-likeness (QED) is 0.160. The lowest BCUT2D eigenvalue weighted by Gasteiger charge is -2.26. The highest BCUT2D eigenvalue weighted by Crippen LogP contribution is 2.07. The molecule has 12 heteroatoms. The maximum atomic E-state index is 12.9. The molecule has 0 aliphatic rings. The third-order valence-corrected chi connectivity index (χ3v) is 5.36. The number of carboxylic acid groups (broad SMARTS) is 1. The number of aliphatic carboxylic acids is 1. The molecule has 0 aliphatic heterocycles. The molecule has 11 nitrogen and oxygen atoms in total. The Hall–Kier alpha value is -3.12. The van der Waals surface area contributed by atoms with Crippen LogP contribution in [-0.2, 0) is 30.4 Å². The summed E-state index contributed by atoms with van der Waals surface area (Å²) in [5, 5.41) is 17.0. The summed E-state index contributed by atoms with van der Waals surface area (Å²) in [6.07, 6.45) is -0.00801. The summed E-state index contributed by atoms with van der Waals surface area (Å²) in [6.45, 7) is 3.37. The Balaban J connectivity index is 2.82. The van der Waals surface area contributed by atoms with E-state index in [2.05, 4.69) is 28.6 Å². The summed E-state index contributed by atoms with van der Waals surface area (Å²) in [7, 11) is 0. The molecule has 0 heterocycles. The lowest BCUT2D eigenvalue weighted by Crippen LogP contribution is -2.59. The fourth-order valence-corrected chi connectivity index (χ4v) is 3.26. The molecular formula is C22H33N5O6S. The number of rotatable bonds is 14. The number of nitrogens with two attached hydrogens (primary N) is 2. The number of hydrogen-bond acceptors (Lipinski definition) is 7. The van der Waals surface area contributed by atoms with Crippen LogP contribution < -0.4 is 27.4 Å². The van der Waals surface area contributed by atoms with Gasteiger partial charge in [-0.3, -0.25) is 19.2 Å². The molecule has 0 saturated carbocycles. The molecule has 1 aromatic rings. The summed E-state index contributed by atoms with van der Waals surface area (Å²) < 4.78 is 0. The largest absolute Gasteiger partial charge is 0.480 e. The Morgan fingerprint density at radius 1 is 0.941 bits per heavy atom. The second-order valence-corrected chi connectivity index (χ2v) is 8.54. The molecule has 188 valence electrons. The van der Waals surface area contributed by atoms with Gasteiger partial charge in [-0.05, 0) is 17.9 Å². The summed E-state index contributed by atoms with van der Waals surface area (Å²) >= 11 is 4.08. The predicted molar refractivity (Wildman–Crippen MR) is 129 cm³/mol. The maximum Gasteiger partial charge on any atom is 0.326 e. The average molecular weight is 496 g/mol. The van der Waals surface area contributed by atoms with Gasteiger partial charge in [-0.1, -0.05) is 44.2 Å². The molecule has 1 aromatic carbocycles. The van der Waals surface area contributed by atoms with Gasteiger partial charge in [0, 0.05) is 18.6 Å². The van der Waals surface area contributed by atoms with Crippen LogP contribution in [0.3, 0.4) is 0 Å². The van der Waals surface area contributed by atoms with E-state index in [4.69, 9.17) is 11.5 Å². The third kappa shape index (κ3) is 9.79. The van der Waals surface area contributed by atoms with E-state index < -0.39 is 53.8 Å². The van der Waals surface area contributed by atoms with E-state index in [9.17, 15) is 29.1 Å². The van der Waals surface area contributed by atoms with E-state index in [0.717, 1.165) is 5.56 Å². The Morgan fingerprint density at radius 2 is 1.53 bits per heavy atom. The van der Waals surface area contributed by atoms with E-state index in [-0.39, 0.29) is 30.9 Å². The van der Waals surface area contributed by atoms with Gasteiger partial charge in [-0.25, -0.2) is 4.79 Å². The second kappa shape index (κ2) is 14.2. The number of amides is 4. The van der Waals surface area contributed by atoms with E-state index in [0.29, 0.717) is 0 Å². The topological polar surface area (TPSA) is 194 Å². The highest BCUT2D eigenvalue weighted by molar-refractivity contribution is 7.80. The molecule has 34 heavy (non-hydrogen) atoms. The number of nitrogens with one attached hydrogen (secondary N) is 3. The molecule has 0 bridgehead atoms. The number of carboxylic acids is 1. The SMILES string of the molecule is CC(C)C(NC(=O)C(CS)NC(=O)C(N)CCC(N)=O)C(=O)NC(Cc1ccccc1)C(=O)O. The number of carbonyl (C=O) groups is 5. The summed E-state index contributed by atoms with van der Waals surface area (Å²) in [6, 6.07) is 4.40. The summed E-state index contributed by atoms with van der Waals surface area (Å²) in [4.78, 5) is 60.4. The Bertz CT molecular complexity index is 867. The first-order chi connectivity index (χ1) is 16.0. The van der Waals surface area contributed by atoms with Crippen molar-refractivity contribution in [1.29, 1.82) is 0 Å². The van der Waals surface area contributed by atoms with Gasteiger partial charge in [0.2, 0.25) is 23.6 Å². The predicted octanol–water partition coefficient (Wildman–Crippen LogP) is -1.05. The summed E-state index contributed by atoms with van der Waals surface area (Å²) in [5.74, 6) is -4.32. The Labute approximate surface area is 203 Å². The normalized spacial score (nSPS) is 14.4. The number of primary amides is 1. The average Bonchev–Trinajstić information content (AvgIpc) is 2.78. The van der Waals surface area contributed by atoms with E-state index >= 15 is 0 Å². The van der Waals surface area contributed by atoms with Crippen molar-refractivity contribution in [3.63, 3.8) is 0 Å². The first-order valence-electron chi connectivity index (χ1n) is 10.8. The summed E-state index contributed by atoms with van der Waals surface area (Å²) in [5.41, 5.74) is 11.5. The Morgan fingerprint density at radius 3 is 2.03 bits per heavy atom. The molecule has 0 aromatic heterocycles. The van der Waals surface area contributed by atoms with Crippen LogP contribution in [0.15, 0.2) is 30.3 Å². The zero-order chi connectivity index (χ0) is 25.8. The molecule has 4 unspecified atom stereocenters. The highest BCUT2D eigenvalue weighted by Gasteiger charge is 2.31. The molecule has 8 N–H and O–H groups in total. The number of hydrogen-bond donors (Lipinski definition) is 7. The first kappa shape index (κ1) is 28.9. The lowest BCUT2D eigenvalue weighted by molar-refractivity contribution is -0.142. The van der Waals surface area contributed by atoms with Crippen LogP contribution in [0.4, 0.5) is 0 Å². The van der Waals surface area contributed by atoms with Crippen LogP contribution in [0.1, 0.15) is 32.3 Å². The molecule has 4 atom stereocenters. The minimum Gasteiger partial charge on any atom is -0.480 e. The van der Waals surface area contributed by atoms with Crippen molar-refractivity contribution in [3.8, 4) is 0 Å². The van der Waals surface area contributed by atoms with E-state index in [1.54, 1.807) is 44.2 Å². The van der Waals surface area contributed by atoms with Crippen LogP contribution >= 0.6 is 12.6 Å². The minimum absolute atomic E-state index is 0.0110. The molecule has 4 amide bonds. The van der Waals surface area contributed by atoms with Crippen molar-refractivity contribution < 1.29 is 29.1 Å². The lowest BCUT2D eigenvalue weighted by atomic mass is 10.0. The molecule has 1 rings (SSSR count). The third-order valence-electron chi connectivity index (χ3n) is 5.00. The van der Waals surface area contributed by atoms with E-state index in [1.165, 1.54) is 0 Å². The molecule has 0 radical (unpaired) electrons. The van der Waals surface area contributed by atoms with Gasteiger partial charge < -0.3 is 32.5 Å². The molecule has 0 fully saturated rings. The van der Waals surface area contributed by atoms with Crippen molar-refractivity contribution in [2.45, 2.75) is 57.3 Å². The number of carbonyl (C=O) groups excluding carboxylic acids is 4. The number of thiol groups is 1. The van der Waals surface area contributed by atoms with Gasteiger partial charge in [0.25, 0.3) is 0 Å². The Kier molecular flexibility index (Phi) is 12.1. The van der Waals surface area contributed by atoms with Crippen molar-refractivity contribution >= 4 is 42.2 Å². The van der Waals surface area contributed by atoms with Crippen LogP contribution in [0.25, 0.3) is 0 Å². The standard InChI is InChI=1S/C22H33N5O6S/c1-12(2)18(21(31)25-15(22(32)33)10-13-6-4-3-5-7-13)27-20(30)16(11-34)26-19(29)14(23)8-9-17(24)28/h3-7,12,14-16,18,34H,8-11,23H2,1-2H3,(H2,24,28)(H,25,31)(H,26,29)(H,27,30)(H,32,33). The fraction of sp³-hybridized carbons (Fsp3) is 0.500. The maximum absolute atomic E-state index is 12.9. The minimum atomic E-state index is -1.21. The number of benzene rings is 1. The van der Waals surface area contributed by atoms with Crippen molar-refractivity contribution in [1.82, 2.24) is 16.0 Å². The van der Waals surface area contributed by atoms with Crippen LogP contribution in [-0.4, -0.2) is 64.6 Å². The van der Waals surface area contributed by atoms with Crippen molar-refractivity contribution in [2.24, 2.45) is 17.4 Å². The first-order valence-corrected chi connectivity index (χ1v) is 11.4. The van der Waals surface area contributed by atoms with Crippen LogP contribution in [0.2, 0.25) is 0 Å². The molecule has 0 aliphatic carbocycles. The molecule has 0 spiro atoms. The van der Waals surface area contributed by atoms with Gasteiger partial charge in [0.1, 0.15) is 18.1 Å². The van der Waals surface area contributed by atoms with Crippen molar-refractivity contribution in [2.75, 3.05) is 5.75 Å². The zero-order valence-electron chi connectivity index (χ0n) is 19.2. The second-order valence-electron chi connectivity index (χ2n) is 8.17. The van der Waals surface area contributed by atoms with Gasteiger partial charge in [-0.15, -0.1) is 0 Å². The van der Waals surface area contributed by atoms with E-state index in [1.807, 2.05) is 0 Å². The monoisotopic (exact) mass is 495 g/mol. The van der Waals surface area contributed by atoms with Gasteiger partial charge >= 0.3 is 5.97 Å². The van der Waals surface area contributed by atoms with Crippen LogP contribution in [0, 0.1) is 5.92 Å². The highest BCUT2D eigenvalue weighted by atomic mass is 32.1. The zero-order valence-corrected chi connectivity index (χ0v) is 20.1. The van der Waals surface area contributed by atoms with Crippen molar-refractivity contribution in [3.05, 3.63) is 35.9 Å². The van der Waals surface area contributed by atoms with Gasteiger partial charge in [0.15, 0.2) is 0 Å². The molecular weight excluding hydrogens is 462 g/mol. The van der Waals surface area contributed by atoms with Crippen LogP contribution in [0.5, 0.6) is 0 Å².